The third-order valence-corrected chi connectivity index (χ3v) is 2.51. The Hall–Kier alpha value is -2.17. The predicted octanol–water partition coefficient (Wildman–Crippen LogP) is 2.81. The SMILES string of the molecule is C=C(C)CN(C)c1ccc(C(C)=O)c([N+](=O)[O-])c1. The normalized spacial score (nSPS) is 9.94. The van der Waals surface area contributed by atoms with Crippen molar-refractivity contribution < 1.29 is 9.72 Å². The molecular weight excluding hydrogens is 232 g/mol. The van der Waals surface area contributed by atoms with Crippen molar-refractivity contribution in [1.82, 2.24) is 0 Å². The summed E-state index contributed by atoms with van der Waals surface area (Å²) in [7, 11) is 1.82. The van der Waals surface area contributed by atoms with E-state index in [4.69, 9.17) is 0 Å². The van der Waals surface area contributed by atoms with Crippen LogP contribution in [0.4, 0.5) is 11.4 Å². The van der Waals surface area contributed by atoms with E-state index in [2.05, 4.69) is 6.58 Å². The lowest BCUT2D eigenvalue weighted by Crippen LogP contribution is -2.19. The van der Waals surface area contributed by atoms with Crippen LogP contribution in [0.2, 0.25) is 0 Å². The zero-order valence-electron chi connectivity index (χ0n) is 10.8. The molecule has 0 radical (unpaired) electrons. The van der Waals surface area contributed by atoms with Crippen LogP contribution in [-0.2, 0) is 0 Å². The van der Waals surface area contributed by atoms with E-state index in [1.807, 2.05) is 18.9 Å². The number of rotatable bonds is 5. The van der Waals surface area contributed by atoms with E-state index in [9.17, 15) is 14.9 Å². The molecule has 0 saturated carbocycles. The second kappa shape index (κ2) is 5.44. The lowest BCUT2D eigenvalue weighted by molar-refractivity contribution is -0.385. The first-order valence-electron chi connectivity index (χ1n) is 5.48. The van der Waals surface area contributed by atoms with Crippen LogP contribution in [0, 0.1) is 10.1 Å². The van der Waals surface area contributed by atoms with Crippen molar-refractivity contribution in [3.63, 3.8) is 0 Å². The smallest absolute Gasteiger partial charge is 0.282 e. The summed E-state index contributed by atoms with van der Waals surface area (Å²) in [5, 5.41) is 10.9. The Kier molecular flexibility index (Phi) is 4.20. The third-order valence-electron chi connectivity index (χ3n) is 2.51. The summed E-state index contributed by atoms with van der Waals surface area (Å²) in [6.45, 7) is 7.60. The number of hydrogen-bond acceptors (Lipinski definition) is 4. The number of hydrogen-bond donors (Lipinski definition) is 0. The Morgan fingerprint density at radius 2 is 2.06 bits per heavy atom. The van der Waals surface area contributed by atoms with Crippen molar-refractivity contribution in [2.75, 3.05) is 18.5 Å². The van der Waals surface area contributed by atoms with Crippen molar-refractivity contribution >= 4 is 17.2 Å². The standard InChI is InChI=1S/C13H16N2O3/c1-9(2)8-14(4)11-5-6-12(10(3)16)13(7-11)15(17)18/h5-7H,1,8H2,2-4H3. The molecule has 0 spiro atoms. The molecule has 0 bridgehead atoms. The number of anilines is 1. The average molecular weight is 248 g/mol. The van der Waals surface area contributed by atoms with Gasteiger partial charge in [-0.3, -0.25) is 14.9 Å². The minimum Gasteiger partial charge on any atom is -0.370 e. The van der Waals surface area contributed by atoms with Gasteiger partial charge in [0.15, 0.2) is 5.78 Å². The molecular formula is C13H16N2O3. The van der Waals surface area contributed by atoms with Crippen LogP contribution in [0.25, 0.3) is 0 Å². The van der Waals surface area contributed by atoms with Crippen LogP contribution in [0.3, 0.4) is 0 Å². The number of likely N-dealkylation sites (N-methyl/N-ethyl adjacent to an activating group) is 1. The van der Waals surface area contributed by atoms with Crippen LogP contribution in [-0.4, -0.2) is 24.3 Å². The van der Waals surface area contributed by atoms with Gasteiger partial charge >= 0.3 is 0 Å². The Labute approximate surface area is 106 Å². The number of nitro groups is 1. The van der Waals surface area contributed by atoms with Gasteiger partial charge in [-0.2, -0.15) is 0 Å². The van der Waals surface area contributed by atoms with Gasteiger partial charge in [-0.25, -0.2) is 0 Å². The lowest BCUT2D eigenvalue weighted by Gasteiger charge is -2.19. The quantitative estimate of drug-likeness (QED) is 0.348. The molecule has 18 heavy (non-hydrogen) atoms. The molecule has 1 aromatic carbocycles. The van der Waals surface area contributed by atoms with E-state index in [0.717, 1.165) is 5.57 Å². The van der Waals surface area contributed by atoms with E-state index >= 15 is 0 Å². The molecule has 5 heteroatoms. The van der Waals surface area contributed by atoms with Gasteiger partial charge < -0.3 is 4.90 Å². The largest absolute Gasteiger partial charge is 0.370 e. The number of nitro benzene ring substituents is 1. The summed E-state index contributed by atoms with van der Waals surface area (Å²) < 4.78 is 0. The average Bonchev–Trinajstić information content (AvgIpc) is 2.26. The number of benzene rings is 1. The second-order valence-corrected chi connectivity index (χ2v) is 4.33. The minimum absolute atomic E-state index is 0.132. The molecule has 1 rings (SSSR count). The van der Waals surface area contributed by atoms with E-state index in [0.29, 0.717) is 12.2 Å². The maximum absolute atomic E-state index is 11.3. The van der Waals surface area contributed by atoms with E-state index in [-0.39, 0.29) is 17.0 Å². The first-order chi connectivity index (χ1) is 8.32. The van der Waals surface area contributed by atoms with Gasteiger partial charge in [0.25, 0.3) is 5.69 Å². The Bertz CT molecular complexity index is 509. The summed E-state index contributed by atoms with van der Waals surface area (Å²) in [5.41, 5.74) is 1.62. The van der Waals surface area contributed by atoms with Gasteiger partial charge in [0.05, 0.1) is 10.5 Å². The first kappa shape index (κ1) is 13.9. The van der Waals surface area contributed by atoms with Crippen molar-refractivity contribution in [2.45, 2.75) is 13.8 Å². The summed E-state index contributed by atoms with van der Waals surface area (Å²) in [4.78, 5) is 23.6. The maximum atomic E-state index is 11.3. The van der Waals surface area contributed by atoms with Crippen molar-refractivity contribution in [2.24, 2.45) is 0 Å². The Morgan fingerprint density at radius 3 is 2.50 bits per heavy atom. The van der Waals surface area contributed by atoms with Gasteiger partial charge in [-0.05, 0) is 26.0 Å². The van der Waals surface area contributed by atoms with Gasteiger partial charge in [0, 0.05) is 25.3 Å². The fourth-order valence-corrected chi connectivity index (χ4v) is 1.70. The zero-order valence-corrected chi connectivity index (χ0v) is 10.8. The molecule has 0 heterocycles. The summed E-state index contributed by atoms with van der Waals surface area (Å²) >= 11 is 0. The molecule has 0 atom stereocenters. The molecule has 0 aromatic heterocycles. The van der Waals surface area contributed by atoms with Crippen LogP contribution >= 0.6 is 0 Å². The summed E-state index contributed by atoms with van der Waals surface area (Å²) in [5.74, 6) is -0.309. The fraction of sp³-hybridized carbons (Fsp3) is 0.308. The van der Waals surface area contributed by atoms with Crippen molar-refractivity contribution in [3.8, 4) is 0 Å². The highest BCUT2D eigenvalue weighted by Crippen LogP contribution is 2.25. The van der Waals surface area contributed by atoms with Gasteiger partial charge in [0.2, 0.25) is 0 Å². The Morgan fingerprint density at radius 1 is 1.44 bits per heavy atom. The molecule has 0 amide bonds. The van der Waals surface area contributed by atoms with Crippen molar-refractivity contribution in [1.29, 1.82) is 0 Å². The highest BCUT2D eigenvalue weighted by molar-refractivity contribution is 5.98. The highest BCUT2D eigenvalue weighted by Gasteiger charge is 2.18. The summed E-state index contributed by atoms with van der Waals surface area (Å²) in [6.07, 6.45) is 0. The molecule has 0 N–H and O–H groups in total. The van der Waals surface area contributed by atoms with Crippen molar-refractivity contribution in [3.05, 3.63) is 46.0 Å². The number of nitrogens with zero attached hydrogens (tertiary/aromatic N) is 2. The Balaban J connectivity index is 3.18. The number of ketones is 1. The third kappa shape index (κ3) is 3.16. The van der Waals surface area contributed by atoms with Gasteiger partial charge in [-0.1, -0.05) is 12.2 Å². The minimum atomic E-state index is -0.533. The molecule has 0 aliphatic carbocycles. The molecule has 0 unspecified atom stereocenters. The topological polar surface area (TPSA) is 63.5 Å². The zero-order chi connectivity index (χ0) is 13.9. The molecule has 96 valence electrons. The van der Waals surface area contributed by atoms with E-state index < -0.39 is 4.92 Å². The van der Waals surface area contributed by atoms with Crippen LogP contribution in [0.5, 0.6) is 0 Å². The molecule has 5 nitrogen and oxygen atoms in total. The van der Waals surface area contributed by atoms with Crippen LogP contribution in [0.1, 0.15) is 24.2 Å². The second-order valence-electron chi connectivity index (χ2n) is 4.33. The molecule has 0 saturated heterocycles. The predicted molar refractivity (Wildman–Crippen MR) is 71.2 cm³/mol. The number of Topliss-reactive ketones (excluding diaryl/α,β-unsaturated/α-hetero) is 1. The van der Waals surface area contributed by atoms with Gasteiger partial charge in [0.1, 0.15) is 0 Å². The van der Waals surface area contributed by atoms with Crippen LogP contribution < -0.4 is 4.90 Å². The monoisotopic (exact) mass is 248 g/mol. The van der Waals surface area contributed by atoms with E-state index in [1.54, 1.807) is 6.07 Å². The fourth-order valence-electron chi connectivity index (χ4n) is 1.70. The molecule has 0 aliphatic heterocycles. The summed E-state index contributed by atoms with van der Waals surface area (Å²) in [6, 6.07) is 4.61. The first-order valence-corrected chi connectivity index (χ1v) is 5.48. The maximum Gasteiger partial charge on any atom is 0.282 e. The number of carbonyl (C=O) groups excluding carboxylic acids is 1. The van der Waals surface area contributed by atoms with E-state index in [1.165, 1.54) is 19.1 Å². The molecule has 1 aromatic rings. The highest BCUT2D eigenvalue weighted by atomic mass is 16.6. The van der Waals surface area contributed by atoms with Crippen LogP contribution in [0.15, 0.2) is 30.4 Å². The molecule has 0 aliphatic rings. The van der Waals surface area contributed by atoms with Gasteiger partial charge in [-0.15, -0.1) is 0 Å². The molecule has 0 fully saturated rings. The lowest BCUT2D eigenvalue weighted by atomic mass is 10.1. The number of carbonyl (C=O) groups is 1.